The van der Waals surface area contributed by atoms with Gasteiger partial charge in [0.1, 0.15) is 11.4 Å². The van der Waals surface area contributed by atoms with Crippen molar-refractivity contribution in [3.05, 3.63) is 48.7 Å². The van der Waals surface area contributed by atoms with E-state index in [9.17, 15) is 13.2 Å². The zero-order valence-electron chi connectivity index (χ0n) is 16.4. The third-order valence-electron chi connectivity index (χ3n) is 5.05. The highest BCUT2D eigenvalue weighted by Gasteiger charge is 2.35. The summed E-state index contributed by atoms with van der Waals surface area (Å²) in [7, 11) is -2.27. The van der Waals surface area contributed by atoms with Gasteiger partial charge in [0.2, 0.25) is 11.0 Å². The number of ether oxygens (including phenoxy) is 1. The average Bonchev–Trinajstić information content (AvgIpc) is 3.46. The Kier molecular flexibility index (Phi) is 5.60. The molecule has 0 radical (unpaired) electrons. The Bertz CT molecular complexity index is 1110. The highest BCUT2D eigenvalue weighted by Crippen LogP contribution is 2.28. The van der Waals surface area contributed by atoms with Crippen LogP contribution in [-0.4, -0.2) is 49.0 Å². The molecule has 3 aromatic rings. The molecular weight excluding hydrogens is 408 g/mol. The molecule has 2 aromatic heterocycles. The Balaban J connectivity index is 1.45. The normalized spacial score (nSPS) is 17.6. The second-order valence-electron chi connectivity index (χ2n) is 7.01. The van der Waals surface area contributed by atoms with E-state index in [4.69, 9.17) is 9.15 Å². The van der Waals surface area contributed by atoms with E-state index in [0.29, 0.717) is 42.3 Å². The maximum atomic E-state index is 13.0. The maximum Gasteiger partial charge on any atom is 0.276 e. The molecule has 0 unspecified atom stereocenters. The molecular formula is C20H22N4O5S. The van der Waals surface area contributed by atoms with Crippen LogP contribution in [0.5, 0.6) is 5.75 Å². The van der Waals surface area contributed by atoms with Gasteiger partial charge in [-0.25, -0.2) is 8.42 Å². The van der Waals surface area contributed by atoms with Crippen LogP contribution >= 0.6 is 0 Å². The lowest BCUT2D eigenvalue weighted by atomic mass is 9.99. The molecule has 158 valence electrons. The summed E-state index contributed by atoms with van der Waals surface area (Å²) < 4.78 is 38.0. The summed E-state index contributed by atoms with van der Waals surface area (Å²) in [5, 5.41) is 9.27. The van der Waals surface area contributed by atoms with Gasteiger partial charge in [-0.3, -0.25) is 9.89 Å². The van der Waals surface area contributed by atoms with Crippen LogP contribution in [0.2, 0.25) is 0 Å². The first kappa shape index (κ1) is 20.2. The lowest BCUT2D eigenvalue weighted by Gasteiger charge is -2.30. The maximum absolute atomic E-state index is 13.0. The molecule has 0 saturated carbocycles. The minimum atomic E-state index is -3.84. The van der Waals surface area contributed by atoms with Crippen LogP contribution in [0.3, 0.4) is 0 Å². The summed E-state index contributed by atoms with van der Waals surface area (Å²) in [6.45, 7) is 0.444. The molecule has 2 N–H and O–H groups in total. The van der Waals surface area contributed by atoms with Crippen LogP contribution in [-0.2, 0) is 14.8 Å². The van der Waals surface area contributed by atoms with Crippen molar-refractivity contribution in [2.45, 2.75) is 17.9 Å². The number of H-pyrrole nitrogens is 1. The molecule has 1 amide bonds. The number of carbonyl (C=O) groups is 1. The summed E-state index contributed by atoms with van der Waals surface area (Å²) in [6.07, 6.45) is 2.77. The Hall–Kier alpha value is -3.11. The van der Waals surface area contributed by atoms with E-state index in [1.165, 1.54) is 10.4 Å². The number of hydrogen-bond donors (Lipinski definition) is 2. The van der Waals surface area contributed by atoms with Gasteiger partial charge in [-0.1, -0.05) is 0 Å². The number of amides is 1. The van der Waals surface area contributed by atoms with Crippen molar-refractivity contribution in [2.75, 3.05) is 25.5 Å². The molecule has 1 atom stereocenters. The molecule has 1 aliphatic rings. The van der Waals surface area contributed by atoms with E-state index < -0.39 is 15.9 Å². The van der Waals surface area contributed by atoms with Crippen molar-refractivity contribution in [3.8, 4) is 17.2 Å². The molecule has 1 saturated heterocycles. The van der Waals surface area contributed by atoms with Crippen molar-refractivity contribution < 1.29 is 22.4 Å². The van der Waals surface area contributed by atoms with Gasteiger partial charge in [-0.15, -0.1) is 0 Å². The number of furan rings is 1. The Morgan fingerprint density at radius 2 is 2.03 bits per heavy atom. The fourth-order valence-electron chi connectivity index (χ4n) is 3.42. The number of aromatic nitrogens is 2. The van der Waals surface area contributed by atoms with Crippen molar-refractivity contribution >= 4 is 21.6 Å². The highest BCUT2D eigenvalue weighted by molar-refractivity contribution is 7.89. The molecule has 3 heterocycles. The topological polar surface area (TPSA) is 118 Å². The number of nitrogens with zero attached hydrogens (tertiary/aromatic N) is 2. The van der Waals surface area contributed by atoms with E-state index in [-0.39, 0.29) is 17.5 Å². The summed E-state index contributed by atoms with van der Waals surface area (Å²) in [4.78, 5) is 12.7. The molecule has 0 spiro atoms. The third kappa shape index (κ3) is 4.10. The second-order valence-corrected chi connectivity index (χ2v) is 8.88. The SMILES string of the molecule is COc1ccc(NC(=O)[C@@H]2CCCN(S(=O)(=O)c3ccc(-c4ccn[nH]4)o3)C2)cc1. The molecule has 1 aromatic carbocycles. The number of piperidine rings is 1. The van der Waals surface area contributed by atoms with Crippen LogP contribution in [0.1, 0.15) is 12.8 Å². The first-order valence-corrected chi connectivity index (χ1v) is 11.0. The second kappa shape index (κ2) is 8.33. The summed E-state index contributed by atoms with van der Waals surface area (Å²) >= 11 is 0. The van der Waals surface area contributed by atoms with Gasteiger partial charge >= 0.3 is 0 Å². The minimum absolute atomic E-state index is 0.102. The summed E-state index contributed by atoms with van der Waals surface area (Å²) in [6, 6.07) is 11.7. The quantitative estimate of drug-likeness (QED) is 0.621. The number of aromatic amines is 1. The van der Waals surface area contributed by atoms with Crippen LogP contribution < -0.4 is 10.1 Å². The molecule has 0 bridgehead atoms. The molecule has 1 aliphatic heterocycles. The van der Waals surface area contributed by atoms with Gasteiger partial charge in [-0.2, -0.15) is 9.40 Å². The van der Waals surface area contributed by atoms with Gasteiger partial charge in [0.25, 0.3) is 10.0 Å². The molecule has 10 heteroatoms. The molecule has 30 heavy (non-hydrogen) atoms. The largest absolute Gasteiger partial charge is 0.497 e. The van der Waals surface area contributed by atoms with Crippen LogP contribution in [0.15, 0.2) is 58.2 Å². The van der Waals surface area contributed by atoms with Gasteiger partial charge < -0.3 is 14.5 Å². The fourth-order valence-corrected chi connectivity index (χ4v) is 4.85. The lowest BCUT2D eigenvalue weighted by Crippen LogP contribution is -2.43. The van der Waals surface area contributed by atoms with Gasteiger partial charge in [-0.05, 0) is 55.3 Å². The van der Waals surface area contributed by atoms with Gasteiger partial charge in [0, 0.05) is 25.0 Å². The number of rotatable bonds is 6. The zero-order chi connectivity index (χ0) is 21.1. The molecule has 1 fully saturated rings. The van der Waals surface area contributed by atoms with E-state index in [1.54, 1.807) is 49.7 Å². The van der Waals surface area contributed by atoms with E-state index in [0.717, 1.165) is 0 Å². The van der Waals surface area contributed by atoms with E-state index in [2.05, 4.69) is 15.5 Å². The monoisotopic (exact) mass is 430 g/mol. The number of benzene rings is 1. The summed E-state index contributed by atoms with van der Waals surface area (Å²) in [5.41, 5.74) is 1.22. The van der Waals surface area contributed by atoms with Gasteiger partial charge in [0.05, 0.1) is 13.0 Å². The first-order chi connectivity index (χ1) is 14.5. The number of methoxy groups -OCH3 is 1. The number of carbonyl (C=O) groups excluding carboxylic acids is 1. The molecule has 0 aliphatic carbocycles. The fraction of sp³-hybridized carbons (Fsp3) is 0.300. The van der Waals surface area contributed by atoms with Crippen molar-refractivity contribution in [1.29, 1.82) is 0 Å². The third-order valence-corrected chi connectivity index (χ3v) is 6.79. The van der Waals surface area contributed by atoms with Crippen molar-refractivity contribution in [2.24, 2.45) is 5.92 Å². The number of nitrogens with one attached hydrogen (secondary N) is 2. The number of sulfonamides is 1. The van der Waals surface area contributed by atoms with Crippen molar-refractivity contribution in [3.63, 3.8) is 0 Å². The number of hydrogen-bond acceptors (Lipinski definition) is 6. The Morgan fingerprint density at radius 3 is 2.73 bits per heavy atom. The summed E-state index contributed by atoms with van der Waals surface area (Å²) in [5.74, 6) is 0.420. The molecule has 4 rings (SSSR count). The zero-order valence-corrected chi connectivity index (χ0v) is 17.2. The smallest absolute Gasteiger partial charge is 0.276 e. The Labute approximate surface area is 174 Å². The van der Waals surface area contributed by atoms with Crippen LogP contribution in [0, 0.1) is 5.92 Å². The standard InChI is InChI=1S/C20H22N4O5S/c1-28-16-6-4-15(5-7-16)22-20(25)14-3-2-12-24(13-14)30(26,27)19-9-8-18(29-19)17-10-11-21-23-17/h4-11,14H,2-3,12-13H2,1H3,(H,21,23)(H,22,25)/t14-/m1/s1. The van der Waals surface area contributed by atoms with Gasteiger partial charge in [0.15, 0.2) is 5.76 Å². The Morgan fingerprint density at radius 1 is 1.23 bits per heavy atom. The minimum Gasteiger partial charge on any atom is -0.497 e. The highest BCUT2D eigenvalue weighted by atomic mass is 32.2. The first-order valence-electron chi connectivity index (χ1n) is 9.52. The van der Waals surface area contributed by atoms with E-state index in [1.807, 2.05) is 0 Å². The van der Waals surface area contributed by atoms with Crippen LogP contribution in [0.25, 0.3) is 11.5 Å². The molecule has 9 nitrogen and oxygen atoms in total. The lowest BCUT2D eigenvalue weighted by molar-refractivity contribution is -0.120. The predicted molar refractivity (Wildman–Crippen MR) is 109 cm³/mol. The predicted octanol–water partition coefficient (Wildman–Crippen LogP) is 2.72. The average molecular weight is 430 g/mol. The van der Waals surface area contributed by atoms with Crippen LogP contribution in [0.4, 0.5) is 5.69 Å². The van der Waals surface area contributed by atoms with E-state index >= 15 is 0 Å². The van der Waals surface area contributed by atoms with Crippen molar-refractivity contribution in [1.82, 2.24) is 14.5 Å². The number of anilines is 1.